The van der Waals surface area contributed by atoms with Gasteiger partial charge in [0.15, 0.2) is 5.25 Å². The number of hydrogen-bond donors (Lipinski definition) is 2. The van der Waals surface area contributed by atoms with Gasteiger partial charge in [0.1, 0.15) is 0 Å². The van der Waals surface area contributed by atoms with Crippen LogP contribution in [0.2, 0.25) is 0 Å². The van der Waals surface area contributed by atoms with Gasteiger partial charge in [0.25, 0.3) is 10.1 Å². The van der Waals surface area contributed by atoms with Crippen molar-refractivity contribution >= 4 is 10.1 Å². The van der Waals surface area contributed by atoms with Crippen molar-refractivity contribution in [1.82, 2.24) is 6.15 Å². The van der Waals surface area contributed by atoms with Crippen LogP contribution in [0.25, 0.3) is 0 Å². The molecule has 1 unspecified atom stereocenters. The molecule has 0 spiro atoms. The van der Waals surface area contributed by atoms with Gasteiger partial charge in [0.2, 0.25) is 0 Å². The molecule has 0 aromatic heterocycles. The summed E-state index contributed by atoms with van der Waals surface area (Å²) in [5.74, 6) is -58.5. The molecule has 0 aliphatic heterocycles. The first-order chi connectivity index (χ1) is 12.9. The zero-order valence-electron chi connectivity index (χ0n) is 14.4. The third kappa shape index (κ3) is 4.05. The summed E-state index contributed by atoms with van der Waals surface area (Å²) in [4.78, 5) is 0. The molecule has 0 amide bonds. The highest BCUT2D eigenvalue weighted by Gasteiger charge is 2.95. The summed E-state index contributed by atoms with van der Waals surface area (Å²) in [5, 5.41) is -4.53. The number of halogens is 17. The van der Waals surface area contributed by atoms with E-state index in [-0.39, 0.29) is 6.15 Å². The summed E-state index contributed by atoms with van der Waals surface area (Å²) < 4.78 is 248. The van der Waals surface area contributed by atoms with Crippen LogP contribution in [0.5, 0.6) is 0 Å². The molecule has 32 heavy (non-hydrogen) atoms. The lowest BCUT2D eigenvalue weighted by Crippen LogP contribution is -2.75. The quantitative estimate of drug-likeness (QED) is 0.315. The fourth-order valence-corrected chi connectivity index (χ4v) is 2.14. The molecule has 0 rings (SSSR count). The van der Waals surface area contributed by atoms with Crippen LogP contribution in [0.3, 0.4) is 0 Å². The summed E-state index contributed by atoms with van der Waals surface area (Å²) >= 11 is 0. The lowest BCUT2D eigenvalue weighted by Gasteiger charge is -2.43. The molecule has 0 saturated heterocycles. The Kier molecular flexibility index (Phi) is 8.09. The fourth-order valence-electron chi connectivity index (χ4n) is 1.62. The van der Waals surface area contributed by atoms with Gasteiger partial charge in [-0.3, -0.25) is 4.55 Å². The molecule has 0 bridgehead atoms. The SMILES string of the molecule is CC(C(F)(F)C(F)(F)C(F)(F)C(F)(F)C(F)(F)C(F)(F)C(F)(F)C(F)(F)F)S(=O)(=O)O.N. The van der Waals surface area contributed by atoms with Crippen LogP contribution in [0.4, 0.5) is 74.6 Å². The average molecular weight is 545 g/mol. The van der Waals surface area contributed by atoms with Crippen molar-refractivity contribution in [2.24, 2.45) is 0 Å². The number of rotatable bonds is 8. The van der Waals surface area contributed by atoms with E-state index in [1.807, 2.05) is 0 Å². The van der Waals surface area contributed by atoms with Crippen molar-refractivity contribution in [2.45, 2.75) is 59.8 Å². The maximum absolute atomic E-state index is 13.4. The lowest BCUT2D eigenvalue weighted by molar-refractivity contribution is -0.461. The Morgan fingerprint density at radius 2 is 0.750 bits per heavy atom. The Balaban J connectivity index is 0. The molecule has 4 N–H and O–H groups in total. The van der Waals surface area contributed by atoms with Gasteiger partial charge in [0.05, 0.1) is 0 Å². The maximum atomic E-state index is 13.4. The van der Waals surface area contributed by atoms with E-state index in [1.54, 1.807) is 0 Å². The second kappa shape index (κ2) is 7.87. The van der Waals surface area contributed by atoms with Crippen molar-refractivity contribution in [3.8, 4) is 0 Å². The second-order valence-corrected chi connectivity index (χ2v) is 7.46. The fraction of sp³-hybridized carbons (Fsp3) is 1.00. The van der Waals surface area contributed by atoms with Crippen LogP contribution in [-0.2, 0) is 10.1 Å². The Bertz CT molecular complexity index is 787. The molecule has 0 aliphatic rings. The number of hydrogen-bond acceptors (Lipinski definition) is 3. The summed E-state index contributed by atoms with van der Waals surface area (Å²) in [6.45, 7) is -0.776. The minimum Gasteiger partial charge on any atom is -0.344 e. The monoisotopic (exact) mass is 545 g/mol. The molecule has 196 valence electrons. The molecule has 0 heterocycles. The van der Waals surface area contributed by atoms with Gasteiger partial charge in [-0.25, -0.2) is 0 Å². The second-order valence-electron chi connectivity index (χ2n) is 5.72. The van der Waals surface area contributed by atoms with E-state index in [0.29, 0.717) is 0 Å². The van der Waals surface area contributed by atoms with E-state index in [9.17, 15) is 83.1 Å². The zero-order chi connectivity index (χ0) is 26.1. The minimum atomic E-state index is -8.80. The van der Waals surface area contributed by atoms with Gasteiger partial charge < -0.3 is 6.15 Å². The molecule has 0 fully saturated rings. The molecule has 0 saturated carbocycles. The summed E-state index contributed by atoms with van der Waals surface area (Å²) in [5.41, 5.74) is 0. The van der Waals surface area contributed by atoms with Crippen LogP contribution in [0, 0.1) is 0 Å². The van der Waals surface area contributed by atoms with Crippen molar-refractivity contribution in [3.05, 3.63) is 0 Å². The van der Waals surface area contributed by atoms with Gasteiger partial charge in [-0.15, -0.1) is 0 Å². The third-order valence-corrected chi connectivity index (χ3v) is 4.89. The molecule has 4 nitrogen and oxygen atoms in total. The van der Waals surface area contributed by atoms with E-state index in [0.717, 1.165) is 0 Å². The standard InChI is InChI=1S/C10H5F17O3S.H3N/c1-2(31(28,29)30)3(11,12)4(13,14)5(15,16)6(17,18)7(19,20)8(21,22)9(23,24)10(25,26)27;/h2H,1H3,(H,28,29,30);1H3. The first kappa shape index (κ1) is 32.9. The molecule has 22 heteroatoms. The largest absolute Gasteiger partial charge is 0.460 e. The predicted molar refractivity (Wildman–Crippen MR) is 66.7 cm³/mol. The Hall–Kier alpha value is -1.32. The normalized spacial score (nSPS) is 17.1. The van der Waals surface area contributed by atoms with Gasteiger partial charge in [-0.05, 0) is 6.92 Å². The lowest BCUT2D eigenvalue weighted by atomic mass is 9.88. The van der Waals surface area contributed by atoms with E-state index >= 15 is 0 Å². The first-order valence-corrected chi connectivity index (χ1v) is 8.08. The van der Waals surface area contributed by atoms with Gasteiger partial charge in [-0.1, -0.05) is 0 Å². The highest BCUT2D eigenvalue weighted by atomic mass is 32.2. The maximum Gasteiger partial charge on any atom is 0.460 e. The Morgan fingerprint density at radius 3 is 0.969 bits per heavy atom. The van der Waals surface area contributed by atoms with Crippen molar-refractivity contribution < 1.29 is 87.6 Å². The highest BCUT2D eigenvalue weighted by molar-refractivity contribution is 7.86. The summed E-state index contributed by atoms with van der Waals surface area (Å²) in [6.07, 6.45) is -7.86. The first-order valence-electron chi connectivity index (χ1n) is 6.58. The molecular formula is C10H8F17NO3S. The van der Waals surface area contributed by atoms with Gasteiger partial charge >= 0.3 is 47.6 Å². The Morgan fingerprint density at radius 1 is 0.531 bits per heavy atom. The van der Waals surface area contributed by atoms with Crippen LogP contribution in [-0.4, -0.2) is 65.9 Å². The van der Waals surface area contributed by atoms with Crippen LogP contribution >= 0.6 is 0 Å². The average Bonchev–Trinajstić information content (AvgIpc) is 2.50. The molecule has 1 atom stereocenters. The van der Waals surface area contributed by atoms with Crippen LogP contribution in [0.15, 0.2) is 0 Å². The topological polar surface area (TPSA) is 89.4 Å². The third-order valence-electron chi connectivity index (χ3n) is 3.70. The van der Waals surface area contributed by atoms with Crippen molar-refractivity contribution in [3.63, 3.8) is 0 Å². The minimum absolute atomic E-state index is 0. The highest BCUT2D eigenvalue weighted by Crippen LogP contribution is 2.64. The molecule has 0 aromatic carbocycles. The van der Waals surface area contributed by atoms with Gasteiger partial charge in [-0.2, -0.15) is 83.1 Å². The number of alkyl halides is 17. The van der Waals surface area contributed by atoms with Gasteiger partial charge in [0, 0.05) is 0 Å². The van der Waals surface area contributed by atoms with E-state index < -0.39 is 69.9 Å². The van der Waals surface area contributed by atoms with E-state index in [2.05, 4.69) is 0 Å². The zero-order valence-corrected chi connectivity index (χ0v) is 15.2. The van der Waals surface area contributed by atoms with Crippen LogP contribution in [0.1, 0.15) is 6.92 Å². The van der Waals surface area contributed by atoms with Crippen molar-refractivity contribution in [1.29, 1.82) is 0 Å². The van der Waals surface area contributed by atoms with E-state index in [4.69, 9.17) is 4.55 Å². The Labute approximate surface area is 165 Å². The van der Waals surface area contributed by atoms with Crippen molar-refractivity contribution in [2.75, 3.05) is 0 Å². The van der Waals surface area contributed by atoms with E-state index in [1.165, 1.54) is 0 Å². The molecule has 0 radical (unpaired) electrons. The molecule has 0 aliphatic carbocycles. The predicted octanol–water partition coefficient (Wildman–Crippen LogP) is 5.43. The summed E-state index contributed by atoms with van der Waals surface area (Å²) in [6, 6.07) is 0. The van der Waals surface area contributed by atoms with Crippen LogP contribution < -0.4 is 6.15 Å². The molecular weight excluding hydrogens is 537 g/mol. The smallest absolute Gasteiger partial charge is 0.344 e. The molecule has 0 aromatic rings. The summed E-state index contributed by atoms with van der Waals surface area (Å²) in [7, 11) is -6.57.